The SMILES string of the molecule is CC(C)CC(NC(=O)C(N)Cc1ccc(O)cc1)C(=O)NC(C(=O)NC(Cc1ccccc1)C(=O)O)C(C)O. The monoisotopic (exact) mass is 542 g/mol. The number of rotatable bonds is 14. The summed E-state index contributed by atoms with van der Waals surface area (Å²) in [4.78, 5) is 50.7. The normalized spacial score (nSPS) is 14.9. The third kappa shape index (κ3) is 10.4. The van der Waals surface area contributed by atoms with Gasteiger partial charge in [-0.3, -0.25) is 14.4 Å². The molecule has 39 heavy (non-hydrogen) atoms. The van der Waals surface area contributed by atoms with Gasteiger partial charge in [-0.2, -0.15) is 0 Å². The van der Waals surface area contributed by atoms with E-state index in [2.05, 4.69) is 16.0 Å². The topological polar surface area (TPSA) is 191 Å². The lowest BCUT2D eigenvalue weighted by Gasteiger charge is -2.27. The molecule has 0 saturated heterocycles. The number of hydrogen-bond donors (Lipinski definition) is 7. The van der Waals surface area contributed by atoms with Crippen molar-refractivity contribution in [3.8, 4) is 5.75 Å². The van der Waals surface area contributed by atoms with E-state index in [1.54, 1.807) is 42.5 Å². The fourth-order valence-electron chi connectivity index (χ4n) is 3.93. The van der Waals surface area contributed by atoms with Gasteiger partial charge >= 0.3 is 5.97 Å². The van der Waals surface area contributed by atoms with Gasteiger partial charge in [0.2, 0.25) is 17.7 Å². The molecule has 0 fully saturated rings. The number of carbonyl (C=O) groups is 4. The van der Waals surface area contributed by atoms with E-state index < -0.39 is 54.0 Å². The van der Waals surface area contributed by atoms with Gasteiger partial charge in [0, 0.05) is 6.42 Å². The molecular weight excluding hydrogens is 504 g/mol. The summed E-state index contributed by atoms with van der Waals surface area (Å²) in [6.07, 6.45) is -0.956. The summed E-state index contributed by atoms with van der Waals surface area (Å²) in [7, 11) is 0. The lowest BCUT2D eigenvalue weighted by atomic mass is 10.0. The fraction of sp³-hybridized carbons (Fsp3) is 0.429. The molecule has 0 bridgehead atoms. The number of aliphatic hydroxyl groups excluding tert-OH is 1. The predicted octanol–water partition coefficient (Wildman–Crippen LogP) is 0.471. The maximum absolute atomic E-state index is 13.2. The molecule has 11 nitrogen and oxygen atoms in total. The second-order valence-electron chi connectivity index (χ2n) is 9.98. The largest absolute Gasteiger partial charge is 0.508 e. The fourth-order valence-corrected chi connectivity index (χ4v) is 3.93. The number of nitrogens with two attached hydrogens (primary N) is 1. The van der Waals surface area contributed by atoms with Gasteiger partial charge < -0.3 is 37.0 Å². The quantitative estimate of drug-likeness (QED) is 0.179. The molecule has 2 aromatic rings. The molecule has 5 atom stereocenters. The molecule has 0 saturated carbocycles. The second-order valence-corrected chi connectivity index (χ2v) is 9.98. The van der Waals surface area contributed by atoms with Gasteiger partial charge in [0.25, 0.3) is 0 Å². The van der Waals surface area contributed by atoms with Crippen LogP contribution in [0.15, 0.2) is 54.6 Å². The van der Waals surface area contributed by atoms with Crippen LogP contribution in [0.1, 0.15) is 38.3 Å². The zero-order valence-electron chi connectivity index (χ0n) is 22.3. The summed E-state index contributed by atoms with van der Waals surface area (Å²) in [5, 5.41) is 36.7. The molecule has 2 aromatic carbocycles. The lowest BCUT2D eigenvalue weighted by Crippen LogP contribution is -2.60. The van der Waals surface area contributed by atoms with Crippen LogP contribution in [0.25, 0.3) is 0 Å². The zero-order valence-corrected chi connectivity index (χ0v) is 22.3. The van der Waals surface area contributed by atoms with Gasteiger partial charge in [-0.25, -0.2) is 4.79 Å². The Labute approximate surface area is 227 Å². The Balaban J connectivity index is 2.09. The summed E-state index contributed by atoms with van der Waals surface area (Å²) >= 11 is 0. The Morgan fingerprint density at radius 3 is 1.87 bits per heavy atom. The first kappa shape index (κ1) is 31.3. The van der Waals surface area contributed by atoms with Gasteiger partial charge in [-0.1, -0.05) is 56.3 Å². The number of nitrogens with one attached hydrogen (secondary N) is 3. The minimum absolute atomic E-state index is 0.00728. The van der Waals surface area contributed by atoms with E-state index >= 15 is 0 Å². The van der Waals surface area contributed by atoms with Crippen molar-refractivity contribution in [1.29, 1.82) is 0 Å². The van der Waals surface area contributed by atoms with Crippen LogP contribution in [0.5, 0.6) is 5.75 Å². The van der Waals surface area contributed by atoms with E-state index in [9.17, 15) is 34.5 Å². The molecule has 2 rings (SSSR count). The molecule has 5 unspecified atom stereocenters. The van der Waals surface area contributed by atoms with Crippen LogP contribution >= 0.6 is 0 Å². The van der Waals surface area contributed by atoms with E-state index in [4.69, 9.17) is 5.73 Å². The van der Waals surface area contributed by atoms with Crippen LogP contribution < -0.4 is 21.7 Å². The van der Waals surface area contributed by atoms with E-state index in [0.29, 0.717) is 5.56 Å². The Morgan fingerprint density at radius 2 is 1.33 bits per heavy atom. The van der Waals surface area contributed by atoms with E-state index in [0.717, 1.165) is 5.56 Å². The van der Waals surface area contributed by atoms with Crippen LogP contribution in [-0.4, -0.2) is 69.3 Å². The Bertz CT molecular complexity index is 1110. The molecule has 0 spiro atoms. The molecule has 3 amide bonds. The van der Waals surface area contributed by atoms with Crippen molar-refractivity contribution >= 4 is 23.7 Å². The van der Waals surface area contributed by atoms with Crippen molar-refractivity contribution in [3.05, 3.63) is 65.7 Å². The summed E-state index contributed by atoms with van der Waals surface area (Å²) in [5.41, 5.74) is 7.45. The van der Waals surface area contributed by atoms with Gasteiger partial charge in [0.15, 0.2) is 0 Å². The predicted molar refractivity (Wildman–Crippen MR) is 144 cm³/mol. The highest BCUT2D eigenvalue weighted by molar-refractivity contribution is 5.94. The highest BCUT2D eigenvalue weighted by Crippen LogP contribution is 2.12. The first-order chi connectivity index (χ1) is 18.4. The molecule has 0 aliphatic heterocycles. The second kappa shape index (κ2) is 14.8. The molecule has 0 radical (unpaired) electrons. The first-order valence-corrected chi connectivity index (χ1v) is 12.8. The van der Waals surface area contributed by atoms with Crippen LogP contribution in [0, 0.1) is 5.92 Å². The van der Waals surface area contributed by atoms with Crippen molar-refractivity contribution in [2.45, 2.75) is 70.3 Å². The van der Waals surface area contributed by atoms with E-state index in [-0.39, 0.29) is 30.9 Å². The molecular formula is C28H38N4O7. The molecule has 0 aromatic heterocycles. The van der Waals surface area contributed by atoms with E-state index in [1.807, 2.05) is 13.8 Å². The Kier molecular flexibility index (Phi) is 11.9. The smallest absolute Gasteiger partial charge is 0.326 e. The molecule has 0 heterocycles. The molecule has 0 aliphatic carbocycles. The lowest BCUT2D eigenvalue weighted by molar-refractivity contribution is -0.143. The Morgan fingerprint density at radius 1 is 0.769 bits per heavy atom. The number of amides is 3. The van der Waals surface area contributed by atoms with Gasteiger partial charge in [0.1, 0.15) is 23.9 Å². The Hall–Kier alpha value is -3.96. The summed E-state index contributed by atoms with van der Waals surface area (Å²) in [6.45, 7) is 4.99. The highest BCUT2D eigenvalue weighted by atomic mass is 16.4. The number of aliphatic hydroxyl groups is 1. The number of hydrogen-bond acceptors (Lipinski definition) is 7. The van der Waals surface area contributed by atoms with E-state index in [1.165, 1.54) is 19.1 Å². The third-order valence-corrected chi connectivity index (χ3v) is 6.03. The van der Waals surface area contributed by atoms with Crippen molar-refractivity contribution in [1.82, 2.24) is 16.0 Å². The number of phenols is 1. The number of aromatic hydroxyl groups is 1. The average Bonchev–Trinajstić information content (AvgIpc) is 2.87. The maximum atomic E-state index is 13.2. The average molecular weight is 543 g/mol. The van der Waals surface area contributed by atoms with Gasteiger partial charge in [0.05, 0.1) is 12.1 Å². The van der Waals surface area contributed by atoms with Crippen molar-refractivity contribution in [3.63, 3.8) is 0 Å². The highest BCUT2D eigenvalue weighted by Gasteiger charge is 2.33. The zero-order chi connectivity index (χ0) is 29.1. The minimum Gasteiger partial charge on any atom is -0.508 e. The maximum Gasteiger partial charge on any atom is 0.326 e. The number of benzene rings is 2. The summed E-state index contributed by atoms with van der Waals surface area (Å²) < 4.78 is 0. The number of carboxylic acid groups (broad SMARTS) is 1. The molecule has 0 aliphatic rings. The number of carbonyl (C=O) groups excluding carboxylic acids is 3. The summed E-state index contributed by atoms with van der Waals surface area (Å²) in [5.74, 6) is -3.39. The molecule has 11 heteroatoms. The number of carboxylic acids is 1. The number of phenolic OH excluding ortho intramolecular Hbond substituents is 1. The minimum atomic E-state index is -1.47. The molecule has 212 valence electrons. The van der Waals surface area contributed by atoms with Crippen LogP contribution in [-0.2, 0) is 32.0 Å². The first-order valence-electron chi connectivity index (χ1n) is 12.8. The number of aliphatic carboxylic acids is 1. The van der Waals surface area contributed by atoms with Crippen LogP contribution in [0.3, 0.4) is 0 Å². The summed E-state index contributed by atoms with van der Waals surface area (Å²) in [6, 6.07) is 10.1. The van der Waals surface area contributed by atoms with Crippen molar-refractivity contribution in [2.75, 3.05) is 0 Å². The van der Waals surface area contributed by atoms with Gasteiger partial charge in [-0.05, 0) is 48.9 Å². The van der Waals surface area contributed by atoms with Crippen molar-refractivity contribution in [2.24, 2.45) is 11.7 Å². The third-order valence-electron chi connectivity index (χ3n) is 6.03. The van der Waals surface area contributed by atoms with Crippen LogP contribution in [0.4, 0.5) is 0 Å². The molecule has 8 N–H and O–H groups in total. The standard InChI is InChI=1S/C28H38N4O7/c1-16(2)13-22(30-25(35)21(29)14-19-9-11-20(34)12-10-19)26(36)32-24(17(3)33)27(37)31-23(28(38)39)15-18-7-5-4-6-8-18/h4-12,16-17,21-24,33-34H,13-15,29H2,1-3H3,(H,30,35)(H,31,37)(H,32,36)(H,38,39). The van der Waals surface area contributed by atoms with Crippen molar-refractivity contribution < 1.29 is 34.5 Å². The van der Waals surface area contributed by atoms with Crippen LogP contribution in [0.2, 0.25) is 0 Å². The van der Waals surface area contributed by atoms with Gasteiger partial charge in [-0.15, -0.1) is 0 Å².